The van der Waals surface area contributed by atoms with Crippen molar-refractivity contribution in [3.05, 3.63) is 5.82 Å². The van der Waals surface area contributed by atoms with Gasteiger partial charge in [0.2, 0.25) is 5.95 Å². The number of hydrogen-bond donors (Lipinski definition) is 2. The molecule has 0 bridgehead atoms. The largest absolute Gasteiger partial charge is 0.357 e. The first-order valence-corrected chi connectivity index (χ1v) is 5.93. The van der Waals surface area contributed by atoms with Gasteiger partial charge in [0.05, 0.1) is 5.54 Å². The molecule has 0 spiro atoms. The van der Waals surface area contributed by atoms with E-state index in [0.717, 1.165) is 24.6 Å². The first kappa shape index (κ1) is 11.4. The third kappa shape index (κ3) is 1.80. The van der Waals surface area contributed by atoms with Crippen LogP contribution in [0.1, 0.15) is 38.4 Å². The van der Waals surface area contributed by atoms with E-state index in [2.05, 4.69) is 22.4 Å². The minimum Gasteiger partial charge on any atom is -0.357 e. The Morgan fingerprint density at radius 2 is 2.25 bits per heavy atom. The van der Waals surface area contributed by atoms with E-state index in [-0.39, 0.29) is 5.54 Å². The summed E-state index contributed by atoms with van der Waals surface area (Å²) < 4.78 is 1.97. The molecule has 5 heteroatoms. The molecule has 1 aliphatic carbocycles. The van der Waals surface area contributed by atoms with Crippen molar-refractivity contribution in [3.63, 3.8) is 0 Å². The number of nitrogens with zero attached hydrogens (tertiary/aromatic N) is 3. The molecule has 1 fully saturated rings. The van der Waals surface area contributed by atoms with Crippen LogP contribution in [-0.4, -0.2) is 21.8 Å². The fourth-order valence-electron chi connectivity index (χ4n) is 2.78. The summed E-state index contributed by atoms with van der Waals surface area (Å²) in [6.07, 6.45) is 4.46. The summed E-state index contributed by atoms with van der Waals surface area (Å²) >= 11 is 0. The highest BCUT2D eigenvalue weighted by molar-refractivity contribution is 5.26. The van der Waals surface area contributed by atoms with Gasteiger partial charge in [0.1, 0.15) is 0 Å². The van der Waals surface area contributed by atoms with Crippen molar-refractivity contribution in [3.8, 4) is 0 Å². The van der Waals surface area contributed by atoms with E-state index in [1.807, 2.05) is 18.7 Å². The smallest absolute Gasteiger partial charge is 0.224 e. The van der Waals surface area contributed by atoms with Gasteiger partial charge >= 0.3 is 0 Å². The van der Waals surface area contributed by atoms with Crippen molar-refractivity contribution in [1.82, 2.24) is 14.8 Å². The molecule has 90 valence electrons. The minimum atomic E-state index is -0.297. The van der Waals surface area contributed by atoms with Crippen LogP contribution in [0, 0.1) is 5.92 Å². The van der Waals surface area contributed by atoms with Gasteiger partial charge in [-0.15, -0.1) is 10.2 Å². The van der Waals surface area contributed by atoms with Crippen molar-refractivity contribution < 1.29 is 0 Å². The van der Waals surface area contributed by atoms with Gasteiger partial charge < -0.3 is 11.1 Å². The maximum Gasteiger partial charge on any atom is 0.224 e. The van der Waals surface area contributed by atoms with E-state index in [9.17, 15) is 0 Å². The normalized spacial score (nSPS) is 30.4. The number of anilines is 1. The summed E-state index contributed by atoms with van der Waals surface area (Å²) in [6, 6.07) is 0. The lowest BCUT2D eigenvalue weighted by Crippen LogP contribution is -2.43. The van der Waals surface area contributed by atoms with Crippen LogP contribution in [0.25, 0.3) is 0 Å². The van der Waals surface area contributed by atoms with Crippen LogP contribution in [0.15, 0.2) is 0 Å². The Hall–Kier alpha value is -1.10. The van der Waals surface area contributed by atoms with Gasteiger partial charge in [-0.3, -0.25) is 4.57 Å². The quantitative estimate of drug-likeness (QED) is 0.791. The molecule has 0 aromatic carbocycles. The van der Waals surface area contributed by atoms with Gasteiger partial charge in [0.15, 0.2) is 5.82 Å². The maximum absolute atomic E-state index is 6.49. The fourth-order valence-corrected chi connectivity index (χ4v) is 2.78. The lowest BCUT2D eigenvalue weighted by atomic mass is 9.76. The van der Waals surface area contributed by atoms with Crippen molar-refractivity contribution in [2.75, 3.05) is 12.4 Å². The zero-order valence-electron chi connectivity index (χ0n) is 10.3. The first-order valence-electron chi connectivity index (χ1n) is 5.93. The van der Waals surface area contributed by atoms with Gasteiger partial charge in [0, 0.05) is 14.1 Å². The van der Waals surface area contributed by atoms with Gasteiger partial charge in [0.25, 0.3) is 0 Å². The van der Waals surface area contributed by atoms with E-state index in [0.29, 0.717) is 5.92 Å². The van der Waals surface area contributed by atoms with E-state index >= 15 is 0 Å². The second-order valence-corrected chi connectivity index (χ2v) is 5.01. The summed E-state index contributed by atoms with van der Waals surface area (Å²) in [4.78, 5) is 0. The van der Waals surface area contributed by atoms with Crippen LogP contribution in [0.3, 0.4) is 0 Å². The molecule has 16 heavy (non-hydrogen) atoms. The van der Waals surface area contributed by atoms with Gasteiger partial charge in [-0.05, 0) is 18.8 Å². The zero-order chi connectivity index (χ0) is 11.8. The predicted molar refractivity (Wildman–Crippen MR) is 64.0 cm³/mol. The van der Waals surface area contributed by atoms with Crippen molar-refractivity contribution in [2.45, 2.75) is 38.1 Å². The zero-order valence-corrected chi connectivity index (χ0v) is 10.3. The summed E-state index contributed by atoms with van der Waals surface area (Å²) in [6.45, 7) is 2.26. The standard InChI is InChI=1S/C11H21N5/c1-8-5-4-6-11(12,7-8)9-14-15-10(13-2)16(9)3/h8H,4-7,12H2,1-3H3,(H,13,15). The van der Waals surface area contributed by atoms with Gasteiger partial charge in [-0.25, -0.2) is 0 Å². The van der Waals surface area contributed by atoms with Crippen LogP contribution in [0.2, 0.25) is 0 Å². The third-order valence-corrected chi connectivity index (χ3v) is 3.58. The Balaban J connectivity index is 2.31. The van der Waals surface area contributed by atoms with E-state index in [4.69, 9.17) is 5.73 Å². The summed E-state index contributed by atoms with van der Waals surface area (Å²) in [5, 5.41) is 11.4. The number of hydrogen-bond acceptors (Lipinski definition) is 4. The topological polar surface area (TPSA) is 68.8 Å². The molecule has 0 saturated heterocycles. The fraction of sp³-hybridized carbons (Fsp3) is 0.818. The molecule has 2 rings (SSSR count). The molecule has 0 aliphatic heterocycles. The average molecular weight is 223 g/mol. The molecule has 1 aliphatic rings. The SMILES string of the molecule is CNc1nnc(C2(N)CCCC(C)C2)n1C. The van der Waals surface area contributed by atoms with Crippen molar-refractivity contribution in [2.24, 2.45) is 18.7 Å². The Bertz CT molecular complexity index is 372. The maximum atomic E-state index is 6.49. The minimum absolute atomic E-state index is 0.297. The highest BCUT2D eigenvalue weighted by atomic mass is 15.3. The monoisotopic (exact) mass is 223 g/mol. The molecule has 5 nitrogen and oxygen atoms in total. The molecule has 2 atom stereocenters. The third-order valence-electron chi connectivity index (χ3n) is 3.58. The Labute approximate surface area is 96.4 Å². The highest BCUT2D eigenvalue weighted by Crippen LogP contribution is 2.37. The predicted octanol–water partition coefficient (Wildman–Crippen LogP) is 1.22. The summed E-state index contributed by atoms with van der Waals surface area (Å²) in [5.41, 5.74) is 6.19. The molecule has 0 amide bonds. The van der Waals surface area contributed by atoms with Crippen LogP contribution in [0.5, 0.6) is 0 Å². The second kappa shape index (κ2) is 4.05. The number of aromatic nitrogens is 3. The first-order chi connectivity index (χ1) is 7.57. The van der Waals surface area contributed by atoms with Crippen molar-refractivity contribution in [1.29, 1.82) is 0 Å². The molecule has 1 aromatic heterocycles. The van der Waals surface area contributed by atoms with Gasteiger partial charge in [-0.1, -0.05) is 19.8 Å². The Morgan fingerprint density at radius 3 is 2.81 bits per heavy atom. The van der Waals surface area contributed by atoms with E-state index < -0.39 is 0 Å². The number of nitrogens with two attached hydrogens (primary N) is 1. The molecular formula is C11H21N5. The molecule has 1 aromatic rings. The lowest BCUT2D eigenvalue weighted by molar-refractivity contribution is 0.223. The number of rotatable bonds is 2. The molecular weight excluding hydrogens is 202 g/mol. The van der Waals surface area contributed by atoms with Crippen LogP contribution >= 0.6 is 0 Å². The molecule has 1 heterocycles. The van der Waals surface area contributed by atoms with Crippen LogP contribution in [-0.2, 0) is 12.6 Å². The summed E-state index contributed by atoms with van der Waals surface area (Å²) in [7, 11) is 3.82. The van der Waals surface area contributed by atoms with E-state index in [1.165, 1.54) is 12.8 Å². The van der Waals surface area contributed by atoms with Crippen molar-refractivity contribution >= 4 is 5.95 Å². The molecule has 3 N–H and O–H groups in total. The van der Waals surface area contributed by atoms with Gasteiger partial charge in [-0.2, -0.15) is 0 Å². The number of nitrogens with one attached hydrogen (secondary N) is 1. The average Bonchev–Trinajstić information content (AvgIpc) is 2.59. The van der Waals surface area contributed by atoms with Crippen LogP contribution < -0.4 is 11.1 Å². The molecule has 0 radical (unpaired) electrons. The molecule has 2 unspecified atom stereocenters. The van der Waals surface area contributed by atoms with E-state index in [1.54, 1.807) is 0 Å². The highest BCUT2D eigenvalue weighted by Gasteiger charge is 2.37. The summed E-state index contributed by atoms with van der Waals surface area (Å²) in [5.74, 6) is 2.36. The Morgan fingerprint density at radius 1 is 1.50 bits per heavy atom. The lowest BCUT2D eigenvalue weighted by Gasteiger charge is -2.35. The molecule has 1 saturated carbocycles. The second-order valence-electron chi connectivity index (χ2n) is 5.01. The Kier molecular flexibility index (Phi) is 2.88. The van der Waals surface area contributed by atoms with Crippen LogP contribution in [0.4, 0.5) is 5.95 Å².